The fourth-order valence-electron chi connectivity index (χ4n) is 8.42. The Kier molecular flexibility index (Phi) is 11.6. The number of carbonyl (C=O) groups is 2. The highest BCUT2D eigenvalue weighted by atomic mass is 19.4. The van der Waals surface area contributed by atoms with E-state index in [1.165, 1.54) is 12.1 Å². The summed E-state index contributed by atoms with van der Waals surface area (Å²) in [5, 5.41) is 0. The van der Waals surface area contributed by atoms with Crippen LogP contribution in [0.25, 0.3) is 33.4 Å². The summed E-state index contributed by atoms with van der Waals surface area (Å²) in [5.74, 6) is -0.146. The molecule has 1 unspecified atom stereocenters. The molecule has 3 nitrogen and oxygen atoms in total. The molecule has 6 rings (SSSR count). The van der Waals surface area contributed by atoms with Crippen molar-refractivity contribution in [2.24, 2.45) is 0 Å². The topological polar surface area (TPSA) is 37.4 Å². The molecule has 1 aliphatic heterocycles. The largest absolute Gasteiger partial charge is 0.416 e. The first kappa shape index (κ1) is 43.4. The van der Waals surface area contributed by atoms with Crippen LogP contribution < -0.4 is 4.90 Å². The average molecular weight is 792 g/mol. The fourth-order valence-corrected chi connectivity index (χ4v) is 8.42. The number of hydrogen-bond donors (Lipinski definition) is 0. The Morgan fingerprint density at radius 3 is 1.38 bits per heavy atom. The van der Waals surface area contributed by atoms with Gasteiger partial charge in [-0.3, -0.25) is 9.59 Å². The van der Waals surface area contributed by atoms with Gasteiger partial charge in [-0.15, -0.1) is 0 Å². The Bertz CT molecular complexity index is 2010. The van der Waals surface area contributed by atoms with Gasteiger partial charge < -0.3 is 4.90 Å². The van der Waals surface area contributed by atoms with Crippen LogP contribution in [0.1, 0.15) is 167 Å². The van der Waals surface area contributed by atoms with E-state index in [0.717, 1.165) is 53.5 Å². The predicted molar refractivity (Wildman–Crippen MR) is 235 cm³/mol. The van der Waals surface area contributed by atoms with Gasteiger partial charge in [-0.25, -0.2) is 0 Å². The highest BCUT2D eigenvalue weighted by Crippen LogP contribution is 2.49. The zero-order chi connectivity index (χ0) is 42.7. The van der Waals surface area contributed by atoms with Gasteiger partial charge in [0.1, 0.15) is 5.78 Å². The number of anilines is 1. The molecule has 1 atom stereocenters. The van der Waals surface area contributed by atoms with Gasteiger partial charge in [0.2, 0.25) is 5.91 Å². The van der Waals surface area contributed by atoms with Crippen molar-refractivity contribution in [2.45, 2.75) is 162 Å². The third-order valence-electron chi connectivity index (χ3n) is 12.2. The maximum absolute atomic E-state index is 15.4. The number of hydrogen-bond acceptors (Lipinski definition) is 2. The van der Waals surface area contributed by atoms with Gasteiger partial charge in [-0.1, -0.05) is 132 Å². The zero-order valence-electron chi connectivity index (χ0n) is 37.0. The first-order valence-electron chi connectivity index (χ1n) is 21.3. The Morgan fingerprint density at radius 2 is 0.966 bits per heavy atom. The maximum atomic E-state index is 15.4. The van der Waals surface area contributed by atoms with Crippen LogP contribution in [0.4, 0.5) is 18.9 Å². The van der Waals surface area contributed by atoms with E-state index < -0.39 is 11.7 Å². The number of ketones is 1. The molecular formula is C52H64F3NO2. The van der Waals surface area contributed by atoms with E-state index in [1.807, 2.05) is 23.1 Å². The van der Waals surface area contributed by atoms with E-state index in [0.29, 0.717) is 64.9 Å². The van der Waals surface area contributed by atoms with E-state index in [9.17, 15) is 9.59 Å². The highest BCUT2D eigenvalue weighted by Gasteiger charge is 2.35. The molecule has 0 bridgehead atoms. The van der Waals surface area contributed by atoms with Gasteiger partial charge >= 0.3 is 6.18 Å². The van der Waals surface area contributed by atoms with Crippen molar-refractivity contribution in [2.75, 3.05) is 11.4 Å². The molecule has 2 fully saturated rings. The summed E-state index contributed by atoms with van der Waals surface area (Å²) < 4.78 is 46.2. The molecule has 1 amide bonds. The van der Waals surface area contributed by atoms with Crippen molar-refractivity contribution < 1.29 is 22.8 Å². The van der Waals surface area contributed by atoms with Crippen LogP contribution in [0.5, 0.6) is 0 Å². The van der Waals surface area contributed by atoms with Crippen LogP contribution in [0, 0.1) is 0 Å². The van der Waals surface area contributed by atoms with E-state index in [2.05, 4.69) is 119 Å². The van der Waals surface area contributed by atoms with Gasteiger partial charge in [0.05, 0.1) is 5.56 Å². The van der Waals surface area contributed by atoms with Crippen LogP contribution in [0.2, 0.25) is 0 Å². The first-order chi connectivity index (χ1) is 26.7. The molecular weight excluding hydrogens is 728 g/mol. The molecule has 2 aliphatic rings. The van der Waals surface area contributed by atoms with Crippen molar-refractivity contribution in [3.05, 3.63) is 100 Å². The summed E-state index contributed by atoms with van der Waals surface area (Å²) in [6, 6.07) is 21.3. The van der Waals surface area contributed by atoms with Crippen LogP contribution in [0.3, 0.4) is 0 Å². The summed E-state index contributed by atoms with van der Waals surface area (Å²) in [6.07, 6.45) is 0.433. The molecule has 1 heterocycles. The Labute approximate surface area is 345 Å². The first-order valence-corrected chi connectivity index (χ1v) is 21.3. The summed E-state index contributed by atoms with van der Waals surface area (Å²) in [6.45, 7) is 26.2. The molecule has 0 radical (unpaired) electrons. The minimum atomic E-state index is -4.63. The Balaban J connectivity index is 1.83. The predicted octanol–water partition coefficient (Wildman–Crippen LogP) is 14.6. The lowest BCUT2D eigenvalue weighted by Crippen LogP contribution is -2.35. The second kappa shape index (κ2) is 15.4. The number of nitrogens with zero attached hydrogens (tertiary/aromatic N) is 1. The van der Waals surface area contributed by atoms with Gasteiger partial charge in [0, 0.05) is 31.0 Å². The van der Waals surface area contributed by atoms with Crippen LogP contribution in [0.15, 0.2) is 66.7 Å². The second-order valence-corrected chi connectivity index (χ2v) is 21.1. The van der Waals surface area contributed by atoms with Gasteiger partial charge in [-0.05, 0) is 133 Å². The number of piperidine rings is 1. The summed E-state index contributed by atoms with van der Waals surface area (Å²) in [4.78, 5) is 29.1. The summed E-state index contributed by atoms with van der Waals surface area (Å²) in [7, 11) is 0. The van der Waals surface area contributed by atoms with Crippen LogP contribution >= 0.6 is 0 Å². The molecule has 1 aliphatic carbocycles. The third-order valence-corrected chi connectivity index (χ3v) is 12.2. The molecule has 0 aromatic heterocycles. The van der Waals surface area contributed by atoms with Gasteiger partial charge in [-0.2, -0.15) is 13.2 Å². The number of Topliss-reactive ketones (excluding diaryl/α,β-unsaturated/α-hetero) is 1. The van der Waals surface area contributed by atoms with E-state index in [1.54, 1.807) is 0 Å². The molecule has 4 aromatic rings. The van der Waals surface area contributed by atoms with Crippen molar-refractivity contribution in [1.82, 2.24) is 0 Å². The van der Waals surface area contributed by atoms with Crippen molar-refractivity contribution in [1.29, 1.82) is 0 Å². The Morgan fingerprint density at radius 1 is 0.500 bits per heavy atom. The Hall–Kier alpha value is -4.19. The average Bonchev–Trinajstić information content (AvgIpc) is 3.12. The van der Waals surface area contributed by atoms with Crippen molar-refractivity contribution >= 4 is 17.4 Å². The van der Waals surface area contributed by atoms with Crippen molar-refractivity contribution in [3.63, 3.8) is 0 Å². The number of benzene rings is 4. The smallest absolute Gasteiger partial charge is 0.312 e. The minimum Gasteiger partial charge on any atom is -0.312 e. The number of rotatable bonds is 5. The lowest BCUT2D eigenvalue weighted by molar-refractivity contribution is -0.137. The van der Waals surface area contributed by atoms with E-state index in [4.69, 9.17) is 0 Å². The minimum absolute atomic E-state index is 0.0255. The zero-order valence-corrected chi connectivity index (χ0v) is 37.0. The molecule has 310 valence electrons. The van der Waals surface area contributed by atoms with E-state index >= 15 is 13.2 Å². The monoisotopic (exact) mass is 791 g/mol. The maximum Gasteiger partial charge on any atom is 0.416 e. The fraction of sp³-hybridized carbons (Fsp3) is 0.500. The quantitative estimate of drug-likeness (QED) is 0.202. The van der Waals surface area contributed by atoms with E-state index in [-0.39, 0.29) is 39.3 Å². The standard InChI is InChI=1S/C52H64F3NO2/c1-48(2,3)36-22-33(23-37(28-36)49(4,5)6)43-30-40(52(53,54)55)31-44(34-24-38(50(7,8)9)29-39(25-34)51(10,11)12)47(43)35-21-32(42-17-13-14-18-45(42)57)26-41(27-35)56-20-16-15-19-46(56)58/h21-31,42H,13-20H2,1-12H3. The number of alkyl halides is 3. The number of amides is 1. The summed E-state index contributed by atoms with van der Waals surface area (Å²) >= 11 is 0. The SMILES string of the molecule is CC(C)(C)c1cc(-c2cc(C(F)(F)F)cc(-c3cc(C(C)(C)C)cc(C(C)(C)C)c3)c2-c2cc(C3CCCCC3=O)cc(N3CCCCC3=O)c2)cc(C(C)(C)C)c1. The molecule has 6 heteroatoms. The molecule has 0 N–H and O–H groups in total. The van der Waals surface area contributed by atoms with Crippen molar-refractivity contribution in [3.8, 4) is 33.4 Å². The lowest BCUT2D eigenvalue weighted by atomic mass is 9.76. The lowest BCUT2D eigenvalue weighted by Gasteiger charge is -2.31. The van der Waals surface area contributed by atoms with Gasteiger partial charge in [0.15, 0.2) is 0 Å². The molecule has 0 spiro atoms. The molecule has 1 saturated carbocycles. The molecule has 4 aromatic carbocycles. The number of halogens is 3. The summed E-state index contributed by atoms with van der Waals surface area (Å²) in [5.41, 5.74) is 7.53. The van der Waals surface area contributed by atoms with Gasteiger partial charge in [0.25, 0.3) is 0 Å². The number of carbonyl (C=O) groups excluding carboxylic acids is 2. The normalized spacial score (nSPS) is 17.6. The molecule has 1 saturated heterocycles. The molecule has 58 heavy (non-hydrogen) atoms. The van der Waals surface area contributed by atoms with Crippen LogP contribution in [-0.4, -0.2) is 18.2 Å². The second-order valence-electron chi connectivity index (χ2n) is 21.1. The highest BCUT2D eigenvalue weighted by molar-refractivity contribution is 6.00. The van der Waals surface area contributed by atoms with Crippen LogP contribution in [-0.2, 0) is 37.4 Å². The third kappa shape index (κ3) is 9.32.